The summed E-state index contributed by atoms with van der Waals surface area (Å²) in [5, 5.41) is 12.8. The molecule has 1 heterocycles. The third kappa shape index (κ3) is 6.27. The molecule has 104 valence electrons. The Balaban J connectivity index is 2.44. The Kier molecular flexibility index (Phi) is 5.86. The maximum absolute atomic E-state index is 11.9. The predicted octanol–water partition coefficient (Wildman–Crippen LogP) is 2.05. The fourth-order valence-corrected chi connectivity index (χ4v) is 2.02. The number of amides is 1. The van der Waals surface area contributed by atoms with E-state index >= 15 is 0 Å². The maximum Gasteiger partial charge on any atom is 0.389 e. The minimum absolute atomic E-state index is 0.143. The monoisotopic (exact) mass is 291 g/mol. The van der Waals surface area contributed by atoms with Crippen LogP contribution < -0.4 is 5.32 Å². The van der Waals surface area contributed by atoms with Gasteiger partial charge in [-0.3, -0.25) is 4.79 Å². The average Bonchev–Trinajstić information content (AvgIpc) is 2.77. The van der Waals surface area contributed by atoms with Crippen molar-refractivity contribution in [3.8, 4) is 11.8 Å². The van der Waals surface area contributed by atoms with E-state index < -0.39 is 24.9 Å². The Hall–Kier alpha value is -1.52. The molecule has 1 aromatic heterocycles. The summed E-state index contributed by atoms with van der Waals surface area (Å²) in [5.41, 5.74) is 0.662. The number of halogens is 3. The average molecular weight is 291 g/mol. The molecule has 0 fully saturated rings. The Morgan fingerprint density at radius 3 is 2.84 bits per heavy atom. The van der Waals surface area contributed by atoms with Crippen LogP contribution in [-0.4, -0.2) is 23.8 Å². The van der Waals surface area contributed by atoms with Crippen molar-refractivity contribution < 1.29 is 23.1 Å². The summed E-state index contributed by atoms with van der Waals surface area (Å²) in [5.74, 6) is 4.53. The number of rotatable bonds is 4. The second-order valence-corrected chi connectivity index (χ2v) is 4.61. The van der Waals surface area contributed by atoms with Crippen LogP contribution in [0.25, 0.3) is 0 Å². The highest BCUT2D eigenvalue weighted by atomic mass is 32.1. The Morgan fingerprint density at radius 2 is 2.21 bits per heavy atom. The molecule has 1 aromatic rings. The number of thiophene rings is 1. The molecule has 0 unspecified atom stereocenters. The minimum atomic E-state index is -4.32. The minimum Gasteiger partial charge on any atom is -0.384 e. The SMILES string of the molecule is O=C(CCC(F)(F)F)NCc1sccc1C#CCO. The van der Waals surface area contributed by atoms with Gasteiger partial charge in [-0.05, 0) is 11.4 Å². The lowest BCUT2D eigenvalue weighted by Crippen LogP contribution is -2.24. The third-order valence-electron chi connectivity index (χ3n) is 2.13. The normalized spacial score (nSPS) is 10.7. The van der Waals surface area contributed by atoms with Gasteiger partial charge < -0.3 is 10.4 Å². The lowest BCUT2D eigenvalue weighted by atomic mass is 10.2. The second kappa shape index (κ2) is 7.16. The summed E-state index contributed by atoms with van der Waals surface area (Å²) >= 11 is 1.34. The third-order valence-corrected chi connectivity index (χ3v) is 3.05. The number of nitrogens with one attached hydrogen (secondary N) is 1. The topological polar surface area (TPSA) is 49.3 Å². The van der Waals surface area contributed by atoms with E-state index in [0.29, 0.717) is 5.56 Å². The van der Waals surface area contributed by atoms with Crippen molar-refractivity contribution in [3.05, 3.63) is 21.9 Å². The Morgan fingerprint density at radius 1 is 1.47 bits per heavy atom. The van der Waals surface area contributed by atoms with E-state index in [0.717, 1.165) is 4.88 Å². The summed E-state index contributed by atoms with van der Waals surface area (Å²) < 4.78 is 35.7. The molecular formula is C12H12F3NO2S. The first kappa shape index (κ1) is 15.5. The fourth-order valence-electron chi connectivity index (χ4n) is 1.25. The van der Waals surface area contributed by atoms with E-state index in [1.165, 1.54) is 11.3 Å². The van der Waals surface area contributed by atoms with Crippen molar-refractivity contribution in [2.75, 3.05) is 6.61 Å². The van der Waals surface area contributed by atoms with Gasteiger partial charge in [0.25, 0.3) is 0 Å². The maximum atomic E-state index is 11.9. The summed E-state index contributed by atoms with van der Waals surface area (Å²) in [6.07, 6.45) is -6.02. The molecule has 7 heteroatoms. The van der Waals surface area contributed by atoms with Gasteiger partial charge in [0, 0.05) is 16.9 Å². The summed E-state index contributed by atoms with van der Waals surface area (Å²) in [7, 11) is 0. The van der Waals surface area contributed by atoms with Crippen LogP contribution >= 0.6 is 11.3 Å². The van der Waals surface area contributed by atoms with Crippen molar-refractivity contribution >= 4 is 17.2 Å². The highest BCUT2D eigenvalue weighted by Crippen LogP contribution is 2.21. The molecule has 0 atom stereocenters. The fraction of sp³-hybridized carbons (Fsp3) is 0.417. The zero-order valence-corrected chi connectivity index (χ0v) is 10.7. The molecule has 0 radical (unpaired) electrons. The number of aliphatic hydroxyl groups is 1. The van der Waals surface area contributed by atoms with Crippen molar-refractivity contribution in [2.45, 2.75) is 25.6 Å². The summed E-state index contributed by atoms with van der Waals surface area (Å²) in [4.78, 5) is 12.0. The molecule has 1 amide bonds. The number of hydrogen-bond acceptors (Lipinski definition) is 3. The summed E-state index contributed by atoms with van der Waals surface area (Å²) in [6.45, 7) is -0.128. The van der Waals surface area contributed by atoms with Gasteiger partial charge in [-0.1, -0.05) is 11.8 Å². The van der Waals surface area contributed by atoms with E-state index in [4.69, 9.17) is 5.11 Å². The molecule has 1 rings (SSSR count). The van der Waals surface area contributed by atoms with Crippen LogP contribution in [0.4, 0.5) is 13.2 Å². The zero-order chi connectivity index (χ0) is 14.3. The van der Waals surface area contributed by atoms with Gasteiger partial charge in [-0.2, -0.15) is 13.2 Å². The van der Waals surface area contributed by atoms with E-state index in [-0.39, 0.29) is 13.2 Å². The van der Waals surface area contributed by atoms with Crippen molar-refractivity contribution in [1.82, 2.24) is 5.32 Å². The molecule has 2 N–H and O–H groups in total. The van der Waals surface area contributed by atoms with Crippen molar-refractivity contribution in [1.29, 1.82) is 0 Å². The molecule has 0 spiro atoms. The van der Waals surface area contributed by atoms with E-state index in [1.807, 2.05) is 0 Å². The zero-order valence-electron chi connectivity index (χ0n) is 9.88. The second-order valence-electron chi connectivity index (χ2n) is 3.61. The lowest BCUT2D eigenvalue weighted by Gasteiger charge is -2.06. The molecule has 0 saturated heterocycles. The standard InChI is InChI=1S/C12H12F3NO2S/c13-12(14,15)5-3-11(18)16-8-10-9(2-1-6-17)4-7-19-10/h4,7,17H,3,5-6,8H2,(H,16,18). The summed E-state index contributed by atoms with van der Waals surface area (Å²) in [6, 6.07) is 1.73. The number of alkyl halides is 3. The van der Waals surface area contributed by atoms with Crippen LogP contribution in [0.5, 0.6) is 0 Å². The van der Waals surface area contributed by atoms with Crippen LogP contribution in [0.2, 0.25) is 0 Å². The van der Waals surface area contributed by atoms with Gasteiger partial charge in [0.1, 0.15) is 6.61 Å². The van der Waals surface area contributed by atoms with E-state index in [2.05, 4.69) is 17.2 Å². The van der Waals surface area contributed by atoms with Gasteiger partial charge in [-0.25, -0.2) is 0 Å². The van der Waals surface area contributed by atoms with Crippen LogP contribution in [-0.2, 0) is 11.3 Å². The number of aliphatic hydroxyl groups excluding tert-OH is 1. The Labute approximate surface area is 112 Å². The smallest absolute Gasteiger partial charge is 0.384 e. The van der Waals surface area contributed by atoms with E-state index in [9.17, 15) is 18.0 Å². The Bertz CT molecular complexity index is 485. The molecule has 0 aliphatic heterocycles. The van der Waals surface area contributed by atoms with Gasteiger partial charge >= 0.3 is 6.18 Å². The van der Waals surface area contributed by atoms with Crippen molar-refractivity contribution in [3.63, 3.8) is 0 Å². The number of carbonyl (C=O) groups excluding carboxylic acids is 1. The van der Waals surface area contributed by atoms with Gasteiger partial charge in [0.05, 0.1) is 13.0 Å². The molecule has 0 aliphatic carbocycles. The predicted molar refractivity (Wildman–Crippen MR) is 65.4 cm³/mol. The first-order valence-corrected chi connectivity index (χ1v) is 6.30. The molecule has 0 saturated carbocycles. The largest absolute Gasteiger partial charge is 0.389 e. The van der Waals surface area contributed by atoms with Crippen LogP contribution in [0, 0.1) is 11.8 Å². The quantitative estimate of drug-likeness (QED) is 0.834. The first-order chi connectivity index (χ1) is 8.92. The van der Waals surface area contributed by atoms with E-state index in [1.54, 1.807) is 11.4 Å². The van der Waals surface area contributed by atoms with Crippen LogP contribution in [0.15, 0.2) is 11.4 Å². The molecule has 0 aliphatic rings. The van der Waals surface area contributed by atoms with Crippen LogP contribution in [0.3, 0.4) is 0 Å². The van der Waals surface area contributed by atoms with Gasteiger partial charge in [0.2, 0.25) is 5.91 Å². The molecular weight excluding hydrogens is 279 g/mol. The first-order valence-electron chi connectivity index (χ1n) is 5.42. The number of carbonyl (C=O) groups is 1. The number of hydrogen-bond donors (Lipinski definition) is 2. The van der Waals surface area contributed by atoms with Gasteiger partial charge in [0.15, 0.2) is 0 Å². The highest BCUT2D eigenvalue weighted by molar-refractivity contribution is 7.10. The van der Waals surface area contributed by atoms with Gasteiger partial charge in [-0.15, -0.1) is 11.3 Å². The highest BCUT2D eigenvalue weighted by Gasteiger charge is 2.27. The lowest BCUT2D eigenvalue weighted by molar-refractivity contribution is -0.144. The molecule has 3 nitrogen and oxygen atoms in total. The molecule has 0 bridgehead atoms. The van der Waals surface area contributed by atoms with Crippen LogP contribution in [0.1, 0.15) is 23.3 Å². The van der Waals surface area contributed by atoms with Crippen molar-refractivity contribution in [2.24, 2.45) is 0 Å². The molecule has 19 heavy (non-hydrogen) atoms. The molecule has 0 aromatic carbocycles.